The highest BCUT2D eigenvalue weighted by Crippen LogP contribution is 2.17. The maximum atomic E-state index is 13.5. The van der Waals surface area contributed by atoms with Crippen LogP contribution in [0.5, 0.6) is 0 Å². The molecule has 2 aromatic rings. The van der Waals surface area contributed by atoms with E-state index in [1.54, 1.807) is 12.1 Å². The van der Waals surface area contributed by atoms with Crippen LogP contribution < -0.4 is 5.32 Å². The molecule has 1 atom stereocenters. The highest BCUT2D eigenvalue weighted by Gasteiger charge is 2.07. The van der Waals surface area contributed by atoms with Crippen LogP contribution in [-0.4, -0.2) is 5.91 Å². The van der Waals surface area contributed by atoms with E-state index in [4.69, 9.17) is 0 Å². The summed E-state index contributed by atoms with van der Waals surface area (Å²) in [5.41, 5.74) is 1.39. The number of rotatable bonds is 4. The van der Waals surface area contributed by atoms with E-state index in [2.05, 4.69) is 21.2 Å². The van der Waals surface area contributed by atoms with E-state index < -0.39 is 0 Å². The van der Waals surface area contributed by atoms with E-state index in [0.29, 0.717) is 5.56 Å². The number of hydrogen-bond donors (Lipinski definition) is 1. The summed E-state index contributed by atoms with van der Waals surface area (Å²) < 4.78 is 14.3. The minimum atomic E-state index is -0.363. The zero-order valence-electron chi connectivity index (χ0n) is 11.5. The lowest BCUT2D eigenvalue weighted by Crippen LogP contribution is -2.24. The van der Waals surface area contributed by atoms with Crippen molar-refractivity contribution >= 4 is 27.9 Å². The fourth-order valence-corrected chi connectivity index (χ4v) is 2.27. The first-order valence-electron chi connectivity index (χ1n) is 6.55. The van der Waals surface area contributed by atoms with Crippen molar-refractivity contribution < 1.29 is 9.18 Å². The van der Waals surface area contributed by atoms with Crippen molar-refractivity contribution in [3.63, 3.8) is 0 Å². The third kappa shape index (κ3) is 4.53. The quantitative estimate of drug-likeness (QED) is 0.811. The molecule has 0 saturated heterocycles. The summed E-state index contributed by atoms with van der Waals surface area (Å²) in [6, 6.07) is 14.2. The van der Waals surface area contributed by atoms with Crippen LogP contribution in [-0.2, 0) is 4.79 Å². The molecule has 0 unspecified atom stereocenters. The lowest BCUT2D eigenvalue weighted by atomic mass is 10.1. The molecule has 0 aliphatic carbocycles. The van der Waals surface area contributed by atoms with Crippen molar-refractivity contribution in [2.24, 2.45) is 0 Å². The highest BCUT2D eigenvalue weighted by molar-refractivity contribution is 9.10. The van der Waals surface area contributed by atoms with Crippen molar-refractivity contribution in [1.82, 2.24) is 5.32 Å². The Morgan fingerprint density at radius 2 is 1.95 bits per heavy atom. The average Bonchev–Trinajstić information content (AvgIpc) is 2.49. The Morgan fingerprint density at radius 3 is 2.67 bits per heavy atom. The van der Waals surface area contributed by atoms with E-state index >= 15 is 0 Å². The van der Waals surface area contributed by atoms with E-state index in [-0.39, 0.29) is 17.8 Å². The number of nitrogens with one attached hydrogen (secondary N) is 1. The molecule has 21 heavy (non-hydrogen) atoms. The van der Waals surface area contributed by atoms with Gasteiger partial charge in [0.15, 0.2) is 0 Å². The third-order valence-electron chi connectivity index (χ3n) is 3.03. The molecule has 1 N–H and O–H groups in total. The molecule has 0 spiro atoms. The summed E-state index contributed by atoms with van der Waals surface area (Å²) in [5, 5.41) is 2.84. The largest absolute Gasteiger partial charge is 0.346 e. The molecule has 0 aliphatic heterocycles. The molecule has 0 radical (unpaired) electrons. The summed E-state index contributed by atoms with van der Waals surface area (Å²) in [7, 11) is 0. The van der Waals surface area contributed by atoms with Gasteiger partial charge in [-0.3, -0.25) is 4.79 Å². The van der Waals surface area contributed by atoms with Crippen LogP contribution in [0.2, 0.25) is 0 Å². The predicted molar refractivity (Wildman–Crippen MR) is 86.1 cm³/mol. The van der Waals surface area contributed by atoms with Gasteiger partial charge in [0.2, 0.25) is 5.91 Å². The van der Waals surface area contributed by atoms with E-state index in [1.165, 1.54) is 18.2 Å². The number of hydrogen-bond acceptors (Lipinski definition) is 1. The first kappa shape index (κ1) is 15.4. The molecule has 0 aliphatic rings. The van der Waals surface area contributed by atoms with Gasteiger partial charge in [0.1, 0.15) is 5.82 Å². The Bertz CT molecular complexity index is 655. The van der Waals surface area contributed by atoms with Gasteiger partial charge in [0.25, 0.3) is 0 Å². The molecule has 0 bridgehead atoms. The summed E-state index contributed by atoms with van der Waals surface area (Å²) in [4.78, 5) is 11.9. The molecule has 0 saturated carbocycles. The Kier molecular flexibility index (Phi) is 5.28. The Balaban J connectivity index is 2.01. The molecule has 0 heterocycles. The van der Waals surface area contributed by atoms with Gasteiger partial charge >= 0.3 is 0 Å². The molecule has 0 fully saturated rings. The summed E-state index contributed by atoms with van der Waals surface area (Å²) >= 11 is 3.27. The zero-order chi connectivity index (χ0) is 15.2. The number of carbonyl (C=O) groups is 1. The molecular formula is C17H15BrFNO. The summed E-state index contributed by atoms with van der Waals surface area (Å²) in [6.07, 6.45) is 2.80. The minimum absolute atomic E-state index is 0.101. The van der Waals surface area contributed by atoms with Gasteiger partial charge < -0.3 is 5.32 Å². The predicted octanol–water partition coefficient (Wildman–Crippen LogP) is 4.48. The number of carbonyl (C=O) groups excluding carboxylic acids is 1. The third-order valence-corrected chi connectivity index (χ3v) is 3.52. The van der Waals surface area contributed by atoms with Crippen LogP contribution in [0.25, 0.3) is 6.08 Å². The Hall–Kier alpha value is -1.94. The second kappa shape index (κ2) is 7.18. The Morgan fingerprint density at radius 1 is 1.24 bits per heavy atom. The highest BCUT2D eigenvalue weighted by atomic mass is 79.9. The van der Waals surface area contributed by atoms with Gasteiger partial charge in [-0.05, 0) is 36.8 Å². The van der Waals surface area contributed by atoms with Gasteiger partial charge in [0.05, 0.1) is 6.04 Å². The molecule has 2 aromatic carbocycles. The smallest absolute Gasteiger partial charge is 0.244 e. The monoisotopic (exact) mass is 347 g/mol. The maximum Gasteiger partial charge on any atom is 0.244 e. The number of benzene rings is 2. The maximum absolute atomic E-state index is 13.5. The fourth-order valence-electron chi connectivity index (χ4n) is 1.89. The lowest BCUT2D eigenvalue weighted by Gasteiger charge is -2.12. The van der Waals surface area contributed by atoms with Gasteiger partial charge in [0, 0.05) is 16.1 Å². The normalized spacial score (nSPS) is 12.3. The average molecular weight is 348 g/mol. The number of halogens is 2. The minimum Gasteiger partial charge on any atom is -0.346 e. The topological polar surface area (TPSA) is 29.1 Å². The van der Waals surface area contributed by atoms with Crippen molar-refractivity contribution in [2.45, 2.75) is 13.0 Å². The SMILES string of the molecule is C[C@H](NC(=O)/C=C/c1cc(Br)ccc1F)c1ccccc1. The van der Waals surface area contributed by atoms with Crippen molar-refractivity contribution in [3.05, 3.63) is 76.0 Å². The van der Waals surface area contributed by atoms with Crippen LogP contribution in [0.4, 0.5) is 4.39 Å². The second-order valence-corrected chi connectivity index (χ2v) is 5.56. The van der Waals surface area contributed by atoms with Crippen LogP contribution in [0, 0.1) is 5.82 Å². The van der Waals surface area contributed by atoms with Crippen molar-refractivity contribution in [3.8, 4) is 0 Å². The summed E-state index contributed by atoms with van der Waals surface area (Å²) in [6.45, 7) is 1.90. The number of amides is 1. The molecule has 108 valence electrons. The van der Waals surface area contributed by atoms with Gasteiger partial charge in [-0.1, -0.05) is 46.3 Å². The van der Waals surface area contributed by atoms with E-state index in [1.807, 2.05) is 37.3 Å². The van der Waals surface area contributed by atoms with Crippen molar-refractivity contribution in [2.75, 3.05) is 0 Å². The zero-order valence-corrected chi connectivity index (χ0v) is 13.1. The molecular weight excluding hydrogens is 333 g/mol. The lowest BCUT2D eigenvalue weighted by molar-refractivity contribution is -0.117. The van der Waals surface area contributed by atoms with E-state index in [0.717, 1.165) is 10.0 Å². The summed E-state index contributed by atoms with van der Waals surface area (Å²) in [5.74, 6) is -0.621. The first-order valence-corrected chi connectivity index (χ1v) is 7.34. The van der Waals surface area contributed by atoms with Gasteiger partial charge in [-0.2, -0.15) is 0 Å². The first-order chi connectivity index (χ1) is 10.1. The van der Waals surface area contributed by atoms with E-state index in [9.17, 15) is 9.18 Å². The molecule has 4 heteroatoms. The fraction of sp³-hybridized carbons (Fsp3) is 0.118. The van der Waals surface area contributed by atoms with Gasteiger partial charge in [-0.25, -0.2) is 4.39 Å². The molecule has 0 aromatic heterocycles. The standard InChI is InChI=1S/C17H15BrFNO/c1-12(13-5-3-2-4-6-13)20-17(21)10-7-14-11-15(18)8-9-16(14)19/h2-12H,1H3,(H,20,21)/b10-7+/t12-/m0/s1. The second-order valence-electron chi connectivity index (χ2n) is 4.64. The van der Waals surface area contributed by atoms with Crippen LogP contribution in [0.15, 0.2) is 59.1 Å². The Labute approximate surface area is 131 Å². The van der Waals surface area contributed by atoms with Gasteiger partial charge in [-0.15, -0.1) is 0 Å². The van der Waals surface area contributed by atoms with Crippen LogP contribution in [0.3, 0.4) is 0 Å². The van der Waals surface area contributed by atoms with Crippen molar-refractivity contribution in [1.29, 1.82) is 0 Å². The van der Waals surface area contributed by atoms with Crippen LogP contribution >= 0.6 is 15.9 Å². The van der Waals surface area contributed by atoms with Crippen LogP contribution in [0.1, 0.15) is 24.1 Å². The molecule has 1 amide bonds. The molecule has 2 rings (SSSR count). The molecule has 2 nitrogen and oxygen atoms in total.